The fraction of sp³-hybridized carbons (Fsp3) is 0.429. The van der Waals surface area contributed by atoms with Crippen molar-refractivity contribution in [3.8, 4) is 0 Å². The van der Waals surface area contributed by atoms with Gasteiger partial charge in [-0.25, -0.2) is 22.7 Å². The highest BCUT2D eigenvalue weighted by Gasteiger charge is 2.54. The highest BCUT2D eigenvalue weighted by atomic mass is 19.3. The smallest absolute Gasteiger partial charge is 0.343 e. The first-order chi connectivity index (χ1) is 16.8. The van der Waals surface area contributed by atoms with E-state index in [-0.39, 0.29) is 19.4 Å². The number of imidazole rings is 1. The molecule has 35 heavy (non-hydrogen) atoms. The van der Waals surface area contributed by atoms with Crippen molar-refractivity contribution in [2.75, 3.05) is 6.61 Å². The summed E-state index contributed by atoms with van der Waals surface area (Å²) in [7, 11) is 0. The lowest BCUT2D eigenvalue weighted by Gasteiger charge is -2.32. The minimum absolute atomic E-state index is 0.0685. The van der Waals surface area contributed by atoms with Crippen LogP contribution in [-0.4, -0.2) is 28.2 Å². The van der Waals surface area contributed by atoms with E-state index in [0.717, 1.165) is 18.8 Å². The van der Waals surface area contributed by atoms with Crippen molar-refractivity contribution in [3.05, 3.63) is 90.0 Å². The fourth-order valence-corrected chi connectivity index (χ4v) is 4.94. The molecule has 1 N–H and O–H groups in total. The molecule has 1 heterocycles. The van der Waals surface area contributed by atoms with Gasteiger partial charge in [-0.1, -0.05) is 60.7 Å². The van der Waals surface area contributed by atoms with Crippen LogP contribution in [0.5, 0.6) is 0 Å². The molecule has 1 aliphatic rings. The third-order valence-electron chi connectivity index (χ3n) is 7.04. The minimum Gasteiger partial charge on any atom is -0.463 e. The SMILES string of the molecule is Cc1n(CCc2ccccc2)cc[n+]1CCCOC(=O)[C@](O)(c1ccccc1)[C@@H]1CCC(F)(F)C1. The number of halogens is 2. The van der Waals surface area contributed by atoms with E-state index in [1.165, 1.54) is 5.56 Å². The normalized spacial score (nSPS) is 18.8. The Morgan fingerprint density at radius 3 is 2.51 bits per heavy atom. The van der Waals surface area contributed by atoms with Crippen molar-refractivity contribution in [1.82, 2.24) is 4.57 Å². The van der Waals surface area contributed by atoms with E-state index < -0.39 is 29.8 Å². The quantitative estimate of drug-likeness (QED) is 0.261. The van der Waals surface area contributed by atoms with Gasteiger partial charge in [0.2, 0.25) is 5.92 Å². The van der Waals surface area contributed by atoms with Gasteiger partial charge in [0.1, 0.15) is 12.4 Å². The molecule has 1 aromatic heterocycles. The summed E-state index contributed by atoms with van der Waals surface area (Å²) in [6, 6.07) is 18.6. The monoisotopic (exact) mass is 483 g/mol. The van der Waals surface area contributed by atoms with Gasteiger partial charge in [-0.3, -0.25) is 0 Å². The van der Waals surface area contributed by atoms with Gasteiger partial charge < -0.3 is 9.84 Å². The van der Waals surface area contributed by atoms with E-state index in [0.29, 0.717) is 18.5 Å². The summed E-state index contributed by atoms with van der Waals surface area (Å²) in [4.78, 5) is 13.0. The van der Waals surface area contributed by atoms with Crippen LogP contribution in [0.25, 0.3) is 0 Å². The second-order valence-corrected chi connectivity index (χ2v) is 9.39. The zero-order valence-corrected chi connectivity index (χ0v) is 20.1. The van der Waals surface area contributed by atoms with Gasteiger partial charge in [0.25, 0.3) is 5.82 Å². The van der Waals surface area contributed by atoms with Crippen LogP contribution in [0.15, 0.2) is 73.1 Å². The number of benzene rings is 2. The number of hydrogen-bond donors (Lipinski definition) is 1. The van der Waals surface area contributed by atoms with Crippen molar-refractivity contribution in [3.63, 3.8) is 0 Å². The van der Waals surface area contributed by atoms with Crippen LogP contribution in [0.4, 0.5) is 8.78 Å². The molecule has 0 amide bonds. The van der Waals surface area contributed by atoms with Crippen LogP contribution in [0, 0.1) is 12.8 Å². The number of hydrogen-bond acceptors (Lipinski definition) is 3. The molecular weight excluding hydrogens is 450 g/mol. The van der Waals surface area contributed by atoms with Crippen LogP contribution in [0.3, 0.4) is 0 Å². The summed E-state index contributed by atoms with van der Waals surface area (Å²) in [6.07, 6.45) is 4.73. The van der Waals surface area contributed by atoms with Crippen molar-refractivity contribution in [1.29, 1.82) is 0 Å². The molecule has 186 valence electrons. The molecule has 0 spiro atoms. The second kappa shape index (κ2) is 10.7. The summed E-state index contributed by atoms with van der Waals surface area (Å²) in [5, 5.41) is 11.4. The average Bonchev–Trinajstić information content (AvgIpc) is 3.42. The Morgan fingerprint density at radius 1 is 1.17 bits per heavy atom. The first kappa shape index (κ1) is 25.0. The van der Waals surface area contributed by atoms with Crippen molar-refractivity contribution >= 4 is 5.97 Å². The lowest BCUT2D eigenvalue weighted by atomic mass is 9.80. The lowest BCUT2D eigenvalue weighted by Crippen LogP contribution is -2.44. The molecular formula is C28H33F2N2O3+. The van der Waals surface area contributed by atoms with Gasteiger partial charge in [0.15, 0.2) is 5.60 Å². The molecule has 0 aliphatic heterocycles. The van der Waals surface area contributed by atoms with Crippen LogP contribution < -0.4 is 4.57 Å². The summed E-state index contributed by atoms with van der Waals surface area (Å²) >= 11 is 0. The van der Waals surface area contributed by atoms with Crippen LogP contribution in [0.2, 0.25) is 0 Å². The van der Waals surface area contributed by atoms with E-state index in [1.807, 2.05) is 37.5 Å². The average molecular weight is 484 g/mol. The highest BCUT2D eigenvalue weighted by Crippen LogP contribution is 2.47. The maximum atomic E-state index is 13.9. The van der Waals surface area contributed by atoms with Gasteiger partial charge in [0.05, 0.1) is 19.7 Å². The first-order valence-electron chi connectivity index (χ1n) is 12.2. The van der Waals surface area contributed by atoms with E-state index >= 15 is 0 Å². The fourth-order valence-electron chi connectivity index (χ4n) is 4.94. The summed E-state index contributed by atoms with van der Waals surface area (Å²) in [5.41, 5.74) is -0.497. The Labute approximate surface area is 205 Å². The van der Waals surface area contributed by atoms with Crippen molar-refractivity contribution < 1.29 is 28.0 Å². The minimum atomic E-state index is -2.88. The number of aliphatic hydroxyl groups is 1. The number of carbonyl (C=O) groups excluding carboxylic acids is 1. The molecule has 2 aromatic carbocycles. The van der Waals surface area contributed by atoms with Crippen LogP contribution in [0.1, 0.15) is 42.6 Å². The molecule has 1 aliphatic carbocycles. The Kier molecular flexibility index (Phi) is 7.65. The zero-order valence-electron chi connectivity index (χ0n) is 20.1. The predicted octanol–water partition coefficient (Wildman–Crippen LogP) is 4.58. The van der Waals surface area contributed by atoms with Gasteiger partial charge in [-0.15, -0.1) is 0 Å². The molecule has 0 unspecified atom stereocenters. The number of aromatic nitrogens is 2. The molecule has 3 aromatic rings. The number of aryl methyl sites for hydroxylation is 3. The molecule has 0 radical (unpaired) electrons. The molecule has 2 atom stereocenters. The molecule has 5 nitrogen and oxygen atoms in total. The molecule has 1 fully saturated rings. The van der Waals surface area contributed by atoms with Gasteiger partial charge in [-0.05, 0) is 17.5 Å². The topological polar surface area (TPSA) is 55.3 Å². The Balaban J connectivity index is 1.33. The molecule has 0 bridgehead atoms. The first-order valence-corrected chi connectivity index (χ1v) is 12.2. The molecule has 0 saturated heterocycles. The van der Waals surface area contributed by atoms with Crippen molar-refractivity contribution in [2.24, 2.45) is 5.92 Å². The summed E-state index contributed by atoms with van der Waals surface area (Å²) in [5.74, 6) is -3.52. The second-order valence-electron chi connectivity index (χ2n) is 9.39. The number of nitrogens with zero attached hydrogens (tertiary/aromatic N) is 2. The standard InChI is InChI=1S/C28H33F2N2O3/c1-22-31(18-19-32(22)17-14-23-9-4-2-5-10-23)16-8-20-35-26(33)28(34,24-11-6-3-7-12-24)25-13-15-27(29,30)21-25/h2-7,9-12,18-19,25,34H,8,13-17,20-21H2,1H3/q+1/t25-,28+/m1/s1. The maximum Gasteiger partial charge on any atom is 0.343 e. The zero-order chi connectivity index (χ0) is 24.9. The number of alkyl halides is 2. The van der Waals surface area contributed by atoms with Gasteiger partial charge >= 0.3 is 5.97 Å². The lowest BCUT2D eigenvalue weighted by molar-refractivity contribution is -0.702. The van der Waals surface area contributed by atoms with Crippen molar-refractivity contribution in [2.45, 2.75) is 63.6 Å². The van der Waals surface area contributed by atoms with Gasteiger partial charge in [0, 0.05) is 38.5 Å². The van der Waals surface area contributed by atoms with Crippen LogP contribution >= 0.6 is 0 Å². The number of esters is 1. The molecule has 4 rings (SSSR count). The predicted molar refractivity (Wildman–Crippen MR) is 128 cm³/mol. The largest absolute Gasteiger partial charge is 0.463 e. The van der Waals surface area contributed by atoms with Crippen LogP contribution in [-0.2, 0) is 34.6 Å². The number of ether oxygens (including phenoxy) is 1. The molecule has 7 heteroatoms. The van der Waals surface area contributed by atoms with E-state index in [4.69, 9.17) is 4.74 Å². The third kappa shape index (κ3) is 5.78. The van der Waals surface area contributed by atoms with E-state index in [9.17, 15) is 18.7 Å². The third-order valence-corrected chi connectivity index (χ3v) is 7.04. The maximum absolute atomic E-state index is 13.9. The van der Waals surface area contributed by atoms with E-state index in [2.05, 4.69) is 21.3 Å². The number of carbonyl (C=O) groups is 1. The molecule has 1 saturated carbocycles. The summed E-state index contributed by atoms with van der Waals surface area (Å²) in [6.45, 7) is 3.65. The Bertz CT molecular complexity index is 1120. The van der Waals surface area contributed by atoms with E-state index in [1.54, 1.807) is 30.3 Å². The Morgan fingerprint density at radius 2 is 1.86 bits per heavy atom. The Hall–Kier alpha value is -3.06. The number of rotatable bonds is 10. The summed E-state index contributed by atoms with van der Waals surface area (Å²) < 4.78 is 37.6. The highest BCUT2D eigenvalue weighted by molar-refractivity contribution is 5.81. The van der Waals surface area contributed by atoms with Gasteiger partial charge in [-0.2, -0.15) is 0 Å².